The van der Waals surface area contributed by atoms with Gasteiger partial charge < -0.3 is 4.74 Å². The van der Waals surface area contributed by atoms with Gasteiger partial charge in [0.25, 0.3) is 0 Å². The fourth-order valence-corrected chi connectivity index (χ4v) is 3.04. The molecule has 26 heavy (non-hydrogen) atoms. The largest absolute Gasteiger partial charge is 0.377 e. The van der Waals surface area contributed by atoms with Gasteiger partial charge in [-0.15, -0.1) is 11.3 Å². The van der Waals surface area contributed by atoms with E-state index in [4.69, 9.17) is 4.74 Å². The molecule has 6 heteroatoms. The van der Waals surface area contributed by atoms with Crippen molar-refractivity contribution >= 4 is 22.7 Å². The Morgan fingerprint density at radius 3 is 2.88 bits per heavy atom. The van der Waals surface area contributed by atoms with Crippen molar-refractivity contribution < 1.29 is 9.13 Å². The Kier molecular flexibility index (Phi) is 6.46. The minimum absolute atomic E-state index is 0.280. The van der Waals surface area contributed by atoms with E-state index in [1.165, 1.54) is 23.5 Å². The fraction of sp³-hybridized carbons (Fsp3) is 0.200. The van der Waals surface area contributed by atoms with E-state index < -0.39 is 0 Å². The number of nitrogens with zero attached hydrogens (tertiary/aromatic N) is 2. The predicted octanol–water partition coefficient (Wildman–Crippen LogP) is 5.32. The Balaban J connectivity index is 1.66. The lowest BCUT2D eigenvalue weighted by Gasteiger charge is -2.06. The Labute approximate surface area is 156 Å². The van der Waals surface area contributed by atoms with Crippen molar-refractivity contribution in [2.75, 3.05) is 12.0 Å². The van der Waals surface area contributed by atoms with Gasteiger partial charge in [-0.05, 0) is 24.1 Å². The molecule has 0 radical (unpaired) electrons. The second-order valence-electron chi connectivity index (χ2n) is 5.67. The van der Waals surface area contributed by atoms with Gasteiger partial charge in [0.05, 0.1) is 18.5 Å². The Hall–Kier alpha value is -2.57. The van der Waals surface area contributed by atoms with E-state index in [2.05, 4.69) is 15.5 Å². The first-order valence-electron chi connectivity index (χ1n) is 8.42. The van der Waals surface area contributed by atoms with Crippen molar-refractivity contribution in [3.63, 3.8) is 0 Å². The summed E-state index contributed by atoms with van der Waals surface area (Å²) in [6.07, 6.45) is 2.59. The van der Waals surface area contributed by atoms with Crippen LogP contribution in [0.1, 0.15) is 24.5 Å². The van der Waals surface area contributed by atoms with Gasteiger partial charge in [-0.3, -0.25) is 5.43 Å². The summed E-state index contributed by atoms with van der Waals surface area (Å²) in [6.45, 7) is 3.05. The minimum Gasteiger partial charge on any atom is -0.377 e. The zero-order chi connectivity index (χ0) is 18.2. The summed E-state index contributed by atoms with van der Waals surface area (Å²) in [5.74, 6) is -0.280. The average molecular weight is 369 g/mol. The maximum Gasteiger partial charge on any atom is 0.203 e. The molecule has 134 valence electrons. The number of anilines is 1. The monoisotopic (exact) mass is 369 g/mol. The van der Waals surface area contributed by atoms with Crippen LogP contribution in [0.4, 0.5) is 9.52 Å². The van der Waals surface area contributed by atoms with Gasteiger partial charge in [0.15, 0.2) is 0 Å². The number of thiazole rings is 1. The summed E-state index contributed by atoms with van der Waals surface area (Å²) in [7, 11) is 0. The lowest BCUT2D eigenvalue weighted by atomic mass is 10.1. The van der Waals surface area contributed by atoms with Crippen molar-refractivity contribution in [1.29, 1.82) is 0 Å². The number of ether oxygens (including phenoxy) is 1. The van der Waals surface area contributed by atoms with E-state index in [1.54, 1.807) is 12.3 Å². The van der Waals surface area contributed by atoms with E-state index in [-0.39, 0.29) is 5.82 Å². The van der Waals surface area contributed by atoms with Gasteiger partial charge in [0, 0.05) is 23.1 Å². The third-order valence-electron chi connectivity index (χ3n) is 3.65. The van der Waals surface area contributed by atoms with Gasteiger partial charge >= 0.3 is 0 Å². The maximum atomic E-state index is 13.5. The zero-order valence-corrected chi connectivity index (χ0v) is 15.3. The fourth-order valence-electron chi connectivity index (χ4n) is 2.38. The number of halogens is 1. The van der Waals surface area contributed by atoms with Crippen LogP contribution in [0.25, 0.3) is 11.3 Å². The summed E-state index contributed by atoms with van der Waals surface area (Å²) < 4.78 is 19.0. The van der Waals surface area contributed by atoms with Crippen LogP contribution in [0.5, 0.6) is 0 Å². The lowest BCUT2D eigenvalue weighted by molar-refractivity contribution is 0.121. The Morgan fingerprint density at radius 2 is 2.08 bits per heavy atom. The van der Waals surface area contributed by atoms with Gasteiger partial charge in [-0.25, -0.2) is 9.37 Å². The van der Waals surface area contributed by atoms with Crippen LogP contribution in [0.15, 0.2) is 59.0 Å². The molecule has 0 amide bonds. The quantitative estimate of drug-likeness (QED) is 0.332. The van der Waals surface area contributed by atoms with E-state index in [0.29, 0.717) is 18.3 Å². The highest BCUT2D eigenvalue weighted by Gasteiger charge is 2.05. The summed E-state index contributed by atoms with van der Waals surface area (Å²) in [4.78, 5) is 4.52. The summed E-state index contributed by atoms with van der Waals surface area (Å²) in [5, 5.41) is 6.91. The van der Waals surface area contributed by atoms with Gasteiger partial charge in [-0.2, -0.15) is 5.10 Å². The molecule has 2 aromatic carbocycles. The van der Waals surface area contributed by atoms with Crippen molar-refractivity contribution in [3.8, 4) is 11.3 Å². The molecule has 0 atom stereocenters. The molecule has 0 aliphatic carbocycles. The molecule has 1 heterocycles. The topological polar surface area (TPSA) is 46.5 Å². The van der Waals surface area contributed by atoms with Crippen molar-refractivity contribution in [3.05, 3.63) is 70.9 Å². The van der Waals surface area contributed by atoms with E-state index >= 15 is 0 Å². The number of hydrogen-bond acceptors (Lipinski definition) is 5. The van der Waals surface area contributed by atoms with Crippen LogP contribution >= 0.6 is 11.3 Å². The molecule has 0 aliphatic heterocycles. The molecular weight excluding hydrogens is 349 g/mol. The molecule has 0 spiro atoms. The van der Waals surface area contributed by atoms with Crippen molar-refractivity contribution in [2.45, 2.75) is 20.0 Å². The van der Waals surface area contributed by atoms with E-state index in [9.17, 15) is 4.39 Å². The highest BCUT2D eigenvalue weighted by atomic mass is 32.1. The highest BCUT2D eigenvalue weighted by Crippen LogP contribution is 2.24. The molecule has 0 unspecified atom stereocenters. The van der Waals surface area contributed by atoms with Crippen molar-refractivity contribution in [1.82, 2.24) is 4.98 Å². The Bertz CT molecular complexity index is 865. The molecular formula is C20H20FN3OS. The van der Waals surface area contributed by atoms with E-state index in [0.717, 1.165) is 28.8 Å². The van der Waals surface area contributed by atoms with Crippen molar-refractivity contribution in [2.24, 2.45) is 5.10 Å². The average Bonchev–Trinajstić information content (AvgIpc) is 3.13. The van der Waals surface area contributed by atoms with Crippen LogP contribution in [0.2, 0.25) is 0 Å². The number of hydrogen-bond donors (Lipinski definition) is 1. The molecule has 0 fully saturated rings. The molecule has 3 aromatic rings. The zero-order valence-electron chi connectivity index (χ0n) is 14.5. The Morgan fingerprint density at radius 1 is 1.23 bits per heavy atom. The number of rotatable bonds is 8. The molecule has 3 rings (SSSR count). The van der Waals surface area contributed by atoms with Crippen LogP contribution in [0.3, 0.4) is 0 Å². The smallest absolute Gasteiger partial charge is 0.203 e. The lowest BCUT2D eigenvalue weighted by Crippen LogP contribution is -2.00. The third kappa shape index (κ3) is 4.97. The van der Waals surface area contributed by atoms with E-state index in [1.807, 2.05) is 42.6 Å². The molecule has 1 aromatic heterocycles. The minimum atomic E-state index is -0.280. The maximum absolute atomic E-state index is 13.5. The van der Waals surface area contributed by atoms with Crippen LogP contribution in [-0.2, 0) is 11.3 Å². The standard InChI is InChI=1S/C20H20FN3OS/c1-2-10-25-13-17-11-18(21)9-8-16(17)12-22-24-20-23-19(14-26-20)15-6-4-3-5-7-15/h3-9,11-12,14H,2,10,13H2,1H3,(H,23,24). The summed E-state index contributed by atoms with van der Waals surface area (Å²) >= 11 is 1.48. The molecule has 0 saturated carbocycles. The number of aromatic nitrogens is 1. The number of hydrazone groups is 1. The molecule has 0 saturated heterocycles. The second kappa shape index (κ2) is 9.22. The van der Waals surface area contributed by atoms with Gasteiger partial charge in [-0.1, -0.05) is 43.3 Å². The highest BCUT2D eigenvalue weighted by molar-refractivity contribution is 7.14. The van der Waals surface area contributed by atoms with Gasteiger partial charge in [0.1, 0.15) is 5.82 Å². The summed E-state index contributed by atoms with van der Waals surface area (Å²) in [6, 6.07) is 14.6. The molecule has 1 N–H and O–H groups in total. The molecule has 0 aliphatic rings. The van der Waals surface area contributed by atoms with Crippen LogP contribution < -0.4 is 5.43 Å². The van der Waals surface area contributed by atoms with Crippen LogP contribution in [-0.4, -0.2) is 17.8 Å². The SMILES string of the molecule is CCCOCc1cc(F)ccc1C=NNc1nc(-c2ccccc2)cs1. The first-order valence-corrected chi connectivity index (χ1v) is 9.30. The first kappa shape index (κ1) is 18.2. The van der Waals surface area contributed by atoms with Crippen LogP contribution in [0, 0.1) is 5.82 Å². The number of nitrogens with one attached hydrogen (secondary N) is 1. The normalized spacial score (nSPS) is 11.2. The third-order valence-corrected chi connectivity index (χ3v) is 4.40. The molecule has 4 nitrogen and oxygen atoms in total. The number of benzene rings is 2. The van der Waals surface area contributed by atoms with Gasteiger partial charge in [0.2, 0.25) is 5.13 Å². The first-order chi connectivity index (χ1) is 12.8. The molecule has 0 bridgehead atoms. The predicted molar refractivity (Wildman–Crippen MR) is 105 cm³/mol. The second-order valence-corrected chi connectivity index (χ2v) is 6.53. The summed E-state index contributed by atoms with van der Waals surface area (Å²) in [5.41, 5.74) is 6.49.